The largest absolute Gasteiger partial charge is 0.497 e. The molecule has 0 spiro atoms. The number of rotatable bonds is 4. The molecule has 1 aromatic rings. The summed E-state index contributed by atoms with van der Waals surface area (Å²) >= 11 is 0. The van der Waals surface area contributed by atoms with Crippen LogP contribution in [-0.4, -0.2) is 25.4 Å². The summed E-state index contributed by atoms with van der Waals surface area (Å²) in [6.07, 6.45) is 2.17. The van der Waals surface area contributed by atoms with E-state index in [0.29, 0.717) is 6.04 Å². The van der Waals surface area contributed by atoms with Crippen LogP contribution in [0.15, 0.2) is 24.3 Å². The standard InChI is InChI=1S/C15H23NO2/c1-15(2)10-13(8-9-18-15)16-11-12-4-6-14(17-3)7-5-12/h4-7,13,16H,8-11H2,1-3H3/t13-/m0/s1. The monoisotopic (exact) mass is 249 g/mol. The minimum atomic E-state index is 0.00975. The Hall–Kier alpha value is -1.06. The van der Waals surface area contributed by atoms with Crippen LogP contribution in [0.5, 0.6) is 5.75 Å². The van der Waals surface area contributed by atoms with Crippen LogP contribution in [-0.2, 0) is 11.3 Å². The van der Waals surface area contributed by atoms with E-state index in [1.807, 2.05) is 12.1 Å². The maximum atomic E-state index is 5.72. The van der Waals surface area contributed by atoms with Gasteiger partial charge in [-0.05, 0) is 44.4 Å². The number of hydrogen-bond acceptors (Lipinski definition) is 3. The Bertz CT molecular complexity index is 373. The van der Waals surface area contributed by atoms with Gasteiger partial charge in [-0.1, -0.05) is 12.1 Å². The summed E-state index contributed by atoms with van der Waals surface area (Å²) in [4.78, 5) is 0. The molecule has 18 heavy (non-hydrogen) atoms. The van der Waals surface area contributed by atoms with Crippen LogP contribution in [0.3, 0.4) is 0 Å². The minimum absolute atomic E-state index is 0.00975. The van der Waals surface area contributed by atoms with Gasteiger partial charge in [-0.2, -0.15) is 0 Å². The Kier molecular flexibility index (Phi) is 4.25. The Morgan fingerprint density at radius 2 is 2.06 bits per heavy atom. The third-order valence-corrected chi connectivity index (χ3v) is 3.45. The molecule has 0 radical (unpaired) electrons. The van der Waals surface area contributed by atoms with Gasteiger partial charge in [0, 0.05) is 19.2 Å². The predicted octanol–water partition coefficient (Wildman–Crippen LogP) is 2.74. The van der Waals surface area contributed by atoms with Crippen LogP contribution >= 0.6 is 0 Å². The van der Waals surface area contributed by atoms with Gasteiger partial charge in [0.25, 0.3) is 0 Å². The molecule has 1 aliphatic rings. The van der Waals surface area contributed by atoms with Crippen LogP contribution < -0.4 is 10.1 Å². The summed E-state index contributed by atoms with van der Waals surface area (Å²) in [7, 11) is 1.69. The summed E-state index contributed by atoms with van der Waals surface area (Å²) in [6.45, 7) is 6.08. The Labute approximate surface area is 109 Å². The van der Waals surface area contributed by atoms with Crippen molar-refractivity contribution in [2.24, 2.45) is 0 Å². The third-order valence-electron chi connectivity index (χ3n) is 3.45. The molecule has 0 saturated carbocycles. The predicted molar refractivity (Wildman–Crippen MR) is 72.9 cm³/mol. The highest BCUT2D eigenvalue weighted by Gasteiger charge is 2.28. The number of benzene rings is 1. The second-order valence-corrected chi connectivity index (χ2v) is 5.53. The molecular weight excluding hydrogens is 226 g/mol. The maximum absolute atomic E-state index is 5.72. The number of methoxy groups -OCH3 is 1. The van der Waals surface area contributed by atoms with Crippen molar-refractivity contribution in [1.82, 2.24) is 5.32 Å². The van der Waals surface area contributed by atoms with Crippen LogP contribution in [0.4, 0.5) is 0 Å². The van der Waals surface area contributed by atoms with Gasteiger partial charge in [-0.15, -0.1) is 0 Å². The van der Waals surface area contributed by atoms with Crippen molar-refractivity contribution in [1.29, 1.82) is 0 Å². The third kappa shape index (κ3) is 3.72. The molecule has 1 aliphatic heterocycles. The molecule has 1 heterocycles. The van der Waals surface area contributed by atoms with Gasteiger partial charge in [0.05, 0.1) is 12.7 Å². The van der Waals surface area contributed by atoms with Gasteiger partial charge >= 0.3 is 0 Å². The summed E-state index contributed by atoms with van der Waals surface area (Å²) in [5.74, 6) is 0.908. The van der Waals surface area contributed by atoms with E-state index >= 15 is 0 Å². The number of nitrogens with one attached hydrogen (secondary N) is 1. The van der Waals surface area contributed by atoms with Gasteiger partial charge in [-0.3, -0.25) is 0 Å². The lowest BCUT2D eigenvalue weighted by molar-refractivity contribution is -0.0630. The molecule has 0 bridgehead atoms. The van der Waals surface area contributed by atoms with Crippen molar-refractivity contribution in [3.05, 3.63) is 29.8 Å². The molecule has 0 amide bonds. The lowest BCUT2D eigenvalue weighted by atomic mass is 9.94. The first-order valence-corrected chi connectivity index (χ1v) is 6.59. The molecule has 0 aromatic heterocycles. The van der Waals surface area contributed by atoms with Crippen LogP contribution in [0.1, 0.15) is 32.3 Å². The van der Waals surface area contributed by atoms with Gasteiger partial charge in [0.1, 0.15) is 5.75 Å². The van der Waals surface area contributed by atoms with E-state index < -0.39 is 0 Å². The summed E-state index contributed by atoms with van der Waals surface area (Å²) in [5.41, 5.74) is 1.30. The number of hydrogen-bond donors (Lipinski definition) is 1. The zero-order chi connectivity index (χ0) is 13.0. The van der Waals surface area contributed by atoms with E-state index in [9.17, 15) is 0 Å². The first kappa shape index (κ1) is 13.4. The molecular formula is C15H23NO2. The lowest BCUT2D eigenvalue weighted by Gasteiger charge is -2.36. The average Bonchev–Trinajstić information content (AvgIpc) is 2.36. The van der Waals surface area contributed by atoms with E-state index in [1.54, 1.807) is 7.11 Å². The molecule has 1 N–H and O–H groups in total. The van der Waals surface area contributed by atoms with Crippen LogP contribution in [0, 0.1) is 0 Å². The smallest absolute Gasteiger partial charge is 0.118 e. The molecule has 3 heteroatoms. The summed E-state index contributed by atoms with van der Waals surface area (Å²) in [6, 6.07) is 8.78. The van der Waals surface area contributed by atoms with Gasteiger partial charge in [0.15, 0.2) is 0 Å². The zero-order valence-electron chi connectivity index (χ0n) is 11.5. The van der Waals surface area contributed by atoms with Gasteiger partial charge < -0.3 is 14.8 Å². The zero-order valence-corrected chi connectivity index (χ0v) is 11.5. The molecule has 1 fully saturated rings. The maximum Gasteiger partial charge on any atom is 0.118 e. The van der Waals surface area contributed by atoms with Crippen molar-refractivity contribution < 1.29 is 9.47 Å². The van der Waals surface area contributed by atoms with E-state index in [-0.39, 0.29) is 5.60 Å². The molecule has 1 atom stereocenters. The van der Waals surface area contributed by atoms with Crippen LogP contribution in [0.25, 0.3) is 0 Å². The quantitative estimate of drug-likeness (QED) is 0.890. The van der Waals surface area contributed by atoms with E-state index in [0.717, 1.165) is 31.7 Å². The second-order valence-electron chi connectivity index (χ2n) is 5.53. The Morgan fingerprint density at radius 1 is 1.33 bits per heavy atom. The minimum Gasteiger partial charge on any atom is -0.497 e. The normalized spacial score (nSPS) is 22.7. The molecule has 1 aromatic carbocycles. The molecule has 100 valence electrons. The first-order valence-electron chi connectivity index (χ1n) is 6.59. The second kappa shape index (κ2) is 5.72. The van der Waals surface area contributed by atoms with E-state index in [1.165, 1.54) is 5.56 Å². The van der Waals surface area contributed by atoms with Crippen molar-refractivity contribution in [2.45, 2.75) is 44.9 Å². The molecule has 1 saturated heterocycles. The molecule has 0 aliphatic carbocycles. The number of ether oxygens (including phenoxy) is 2. The lowest BCUT2D eigenvalue weighted by Crippen LogP contribution is -2.43. The highest BCUT2D eigenvalue weighted by Crippen LogP contribution is 2.24. The fourth-order valence-corrected chi connectivity index (χ4v) is 2.41. The highest BCUT2D eigenvalue weighted by molar-refractivity contribution is 5.27. The van der Waals surface area contributed by atoms with Crippen molar-refractivity contribution in [3.8, 4) is 5.75 Å². The van der Waals surface area contributed by atoms with Crippen LogP contribution in [0.2, 0.25) is 0 Å². The first-order chi connectivity index (χ1) is 8.59. The highest BCUT2D eigenvalue weighted by atomic mass is 16.5. The SMILES string of the molecule is COc1ccc(CN[C@H]2CCOC(C)(C)C2)cc1. The Balaban J connectivity index is 1.83. The van der Waals surface area contributed by atoms with Crippen molar-refractivity contribution >= 4 is 0 Å². The topological polar surface area (TPSA) is 30.5 Å². The summed E-state index contributed by atoms with van der Waals surface area (Å²) < 4.78 is 10.9. The van der Waals surface area contributed by atoms with Crippen molar-refractivity contribution in [2.75, 3.05) is 13.7 Å². The van der Waals surface area contributed by atoms with Gasteiger partial charge in [0.2, 0.25) is 0 Å². The van der Waals surface area contributed by atoms with E-state index in [2.05, 4.69) is 31.3 Å². The fraction of sp³-hybridized carbons (Fsp3) is 0.600. The van der Waals surface area contributed by atoms with E-state index in [4.69, 9.17) is 9.47 Å². The molecule has 0 unspecified atom stereocenters. The molecule has 3 nitrogen and oxygen atoms in total. The van der Waals surface area contributed by atoms with Crippen molar-refractivity contribution in [3.63, 3.8) is 0 Å². The Morgan fingerprint density at radius 3 is 2.67 bits per heavy atom. The van der Waals surface area contributed by atoms with Gasteiger partial charge in [-0.25, -0.2) is 0 Å². The molecule has 2 rings (SSSR count). The fourth-order valence-electron chi connectivity index (χ4n) is 2.41. The summed E-state index contributed by atoms with van der Waals surface area (Å²) in [5, 5.41) is 3.61. The average molecular weight is 249 g/mol.